The van der Waals surface area contributed by atoms with E-state index >= 15 is 0 Å². The smallest absolute Gasteiger partial charge is 0.247 e. The van der Waals surface area contributed by atoms with E-state index in [9.17, 15) is 19.1 Å². The van der Waals surface area contributed by atoms with Gasteiger partial charge in [0.15, 0.2) is 0 Å². The van der Waals surface area contributed by atoms with Crippen molar-refractivity contribution in [2.24, 2.45) is 0 Å². The Bertz CT molecular complexity index is 1200. The predicted octanol–water partition coefficient (Wildman–Crippen LogP) is 2.89. The molecule has 4 rings (SSSR count). The number of halogens is 1. The van der Waals surface area contributed by atoms with Gasteiger partial charge in [-0.25, -0.2) is 4.39 Å². The highest BCUT2D eigenvalue weighted by atomic mass is 19.1. The molecular weight excluding hydrogens is 491 g/mol. The molecule has 1 aromatic heterocycles. The fourth-order valence-electron chi connectivity index (χ4n) is 4.61. The maximum atomic E-state index is 13.6. The zero-order valence-corrected chi connectivity index (χ0v) is 21.4. The van der Waals surface area contributed by atoms with Gasteiger partial charge in [-0.3, -0.25) is 9.59 Å². The lowest BCUT2D eigenvalue weighted by atomic mass is 10.0. The number of nitrogens with one attached hydrogen (secondary N) is 1. The van der Waals surface area contributed by atoms with Crippen molar-refractivity contribution in [1.82, 2.24) is 30.4 Å². The lowest BCUT2D eigenvalue weighted by molar-refractivity contribution is -0.142. The van der Waals surface area contributed by atoms with E-state index in [1.54, 1.807) is 24.3 Å². The molecule has 1 saturated carbocycles. The molecule has 0 spiro atoms. The Morgan fingerprint density at radius 2 is 1.87 bits per heavy atom. The Morgan fingerprint density at radius 3 is 2.53 bits per heavy atom. The van der Waals surface area contributed by atoms with Gasteiger partial charge in [0.1, 0.15) is 24.2 Å². The molecule has 1 heterocycles. The SMILES string of the molecule is CCOc1ccc([C@H](C(=O)NC2CCCC2)N(CCCO)C(=O)Cn2nnc(-c3ccc(F)cc3)n2)cc1. The minimum absolute atomic E-state index is 0.0674. The van der Waals surface area contributed by atoms with Crippen LogP contribution in [0.1, 0.15) is 50.6 Å². The average Bonchev–Trinajstić information content (AvgIpc) is 3.60. The van der Waals surface area contributed by atoms with Crippen molar-refractivity contribution in [3.63, 3.8) is 0 Å². The zero-order chi connectivity index (χ0) is 26.9. The number of aliphatic hydroxyl groups excluding tert-OH is 1. The van der Waals surface area contributed by atoms with E-state index in [0.717, 1.165) is 30.5 Å². The van der Waals surface area contributed by atoms with Crippen molar-refractivity contribution < 1.29 is 23.8 Å². The summed E-state index contributed by atoms with van der Waals surface area (Å²) >= 11 is 0. The number of aliphatic hydroxyl groups is 1. The lowest BCUT2D eigenvalue weighted by Crippen LogP contribution is -2.47. The van der Waals surface area contributed by atoms with Crippen molar-refractivity contribution in [3.8, 4) is 17.1 Å². The van der Waals surface area contributed by atoms with Gasteiger partial charge in [-0.2, -0.15) is 4.80 Å². The summed E-state index contributed by atoms with van der Waals surface area (Å²) in [6.07, 6.45) is 4.21. The minimum Gasteiger partial charge on any atom is -0.494 e. The fourth-order valence-corrected chi connectivity index (χ4v) is 4.61. The number of amides is 2. The first-order valence-electron chi connectivity index (χ1n) is 13.0. The van der Waals surface area contributed by atoms with Crippen molar-refractivity contribution in [2.75, 3.05) is 19.8 Å². The summed E-state index contributed by atoms with van der Waals surface area (Å²) in [4.78, 5) is 29.8. The molecular formula is C27H33FN6O4. The number of tetrazole rings is 1. The summed E-state index contributed by atoms with van der Waals surface area (Å²) in [5, 5.41) is 24.9. The molecule has 0 aliphatic heterocycles. The highest BCUT2D eigenvalue weighted by Crippen LogP contribution is 2.27. The molecule has 1 aliphatic carbocycles. The highest BCUT2D eigenvalue weighted by molar-refractivity contribution is 5.89. The van der Waals surface area contributed by atoms with E-state index in [2.05, 4.69) is 20.7 Å². The number of carbonyl (C=O) groups excluding carboxylic acids is 2. The molecule has 3 aromatic rings. The summed E-state index contributed by atoms with van der Waals surface area (Å²) in [7, 11) is 0. The number of carbonyl (C=O) groups is 2. The monoisotopic (exact) mass is 524 g/mol. The Kier molecular flexibility index (Phi) is 9.36. The number of rotatable bonds is 12. The number of nitrogens with zero attached hydrogens (tertiary/aromatic N) is 5. The largest absolute Gasteiger partial charge is 0.494 e. The third-order valence-corrected chi connectivity index (χ3v) is 6.48. The van der Waals surface area contributed by atoms with Gasteiger partial charge in [0, 0.05) is 24.8 Å². The third-order valence-electron chi connectivity index (χ3n) is 6.48. The Morgan fingerprint density at radius 1 is 1.16 bits per heavy atom. The lowest BCUT2D eigenvalue weighted by Gasteiger charge is -2.32. The number of ether oxygens (including phenoxy) is 1. The first kappa shape index (κ1) is 27.2. The molecule has 1 atom stereocenters. The molecule has 202 valence electrons. The summed E-state index contributed by atoms with van der Waals surface area (Å²) in [6.45, 7) is 2.16. The highest BCUT2D eigenvalue weighted by Gasteiger charge is 2.33. The molecule has 10 nitrogen and oxygen atoms in total. The van der Waals surface area contributed by atoms with E-state index < -0.39 is 11.9 Å². The van der Waals surface area contributed by atoms with Gasteiger partial charge >= 0.3 is 0 Å². The number of benzene rings is 2. The fraction of sp³-hybridized carbons (Fsp3) is 0.444. The van der Waals surface area contributed by atoms with E-state index in [1.165, 1.54) is 29.2 Å². The van der Waals surface area contributed by atoms with Gasteiger partial charge in [-0.1, -0.05) is 25.0 Å². The summed E-state index contributed by atoms with van der Waals surface area (Å²) < 4.78 is 18.8. The first-order valence-corrected chi connectivity index (χ1v) is 13.0. The van der Waals surface area contributed by atoms with Crippen LogP contribution in [-0.2, 0) is 16.1 Å². The van der Waals surface area contributed by atoms with Crippen LogP contribution in [0.15, 0.2) is 48.5 Å². The quantitative estimate of drug-likeness (QED) is 0.374. The third kappa shape index (κ3) is 6.91. The zero-order valence-electron chi connectivity index (χ0n) is 21.4. The number of hydrogen-bond donors (Lipinski definition) is 2. The van der Waals surface area contributed by atoms with Crippen LogP contribution in [0.5, 0.6) is 5.75 Å². The second kappa shape index (κ2) is 13.1. The Hall–Kier alpha value is -3.86. The molecule has 11 heteroatoms. The molecule has 1 aliphatic rings. The van der Waals surface area contributed by atoms with Crippen LogP contribution in [0.2, 0.25) is 0 Å². The molecule has 1 fully saturated rings. The van der Waals surface area contributed by atoms with Crippen LogP contribution in [0.4, 0.5) is 4.39 Å². The normalized spacial score (nSPS) is 14.3. The van der Waals surface area contributed by atoms with Gasteiger partial charge in [-0.15, -0.1) is 10.2 Å². The summed E-state index contributed by atoms with van der Waals surface area (Å²) in [5.41, 5.74) is 1.19. The second-order valence-corrected chi connectivity index (χ2v) is 9.21. The van der Waals surface area contributed by atoms with Crippen LogP contribution in [0.3, 0.4) is 0 Å². The van der Waals surface area contributed by atoms with Crippen LogP contribution >= 0.6 is 0 Å². The molecule has 0 radical (unpaired) electrons. The predicted molar refractivity (Wildman–Crippen MR) is 137 cm³/mol. The topological polar surface area (TPSA) is 122 Å². The number of hydrogen-bond acceptors (Lipinski definition) is 7. The van der Waals surface area contributed by atoms with E-state index in [4.69, 9.17) is 4.74 Å². The first-order chi connectivity index (χ1) is 18.5. The molecule has 38 heavy (non-hydrogen) atoms. The number of aromatic nitrogens is 4. The van der Waals surface area contributed by atoms with E-state index in [-0.39, 0.29) is 43.3 Å². The van der Waals surface area contributed by atoms with Crippen LogP contribution in [-0.4, -0.2) is 67.8 Å². The summed E-state index contributed by atoms with van der Waals surface area (Å²) in [5.74, 6) is -0.138. The van der Waals surface area contributed by atoms with Crippen molar-refractivity contribution in [3.05, 3.63) is 59.9 Å². The van der Waals surface area contributed by atoms with Crippen molar-refractivity contribution in [2.45, 2.75) is 57.7 Å². The Balaban J connectivity index is 1.59. The molecule has 2 N–H and O–H groups in total. The van der Waals surface area contributed by atoms with Crippen LogP contribution in [0, 0.1) is 5.82 Å². The molecule has 0 unspecified atom stereocenters. The molecule has 2 aromatic carbocycles. The average molecular weight is 525 g/mol. The van der Waals surface area contributed by atoms with Crippen LogP contribution in [0.25, 0.3) is 11.4 Å². The molecule has 0 saturated heterocycles. The Labute approximate surface area is 220 Å². The summed E-state index contributed by atoms with van der Waals surface area (Å²) in [6, 6.07) is 11.9. The minimum atomic E-state index is -0.912. The van der Waals surface area contributed by atoms with Gasteiger partial charge in [0.2, 0.25) is 17.6 Å². The van der Waals surface area contributed by atoms with Gasteiger partial charge in [0.25, 0.3) is 0 Å². The van der Waals surface area contributed by atoms with E-state index in [1.807, 2.05) is 6.92 Å². The maximum Gasteiger partial charge on any atom is 0.247 e. The molecule has 2 amide bonds. The van der Waals surface area contributed by atoms with Gasteiger partial charge < -0.3 is 20.1 Å². The second-order valence-electron chi connectivity index (χ2n) is 9.21. The van der Waals surface area contributed by atoms with Crippen molar-refractivity contribution in [1.29, 1.82) is 0 Å². The van der Waals surface area contributed by atoms with E-state index in [0.29, 0.717) is 29.9 Å². The van der Waals surface area contributed by atoms with Crippen molar-refractivity contribution >= 4 is 11.8 Å². The van der Waals surface area contributed by atoms with Gasteiger partial charge in [0.05, 0.1) is 6.61 Å². The molecule has 0 bridgehead atoms. The van der Waals surface area contributed by atoms with Gasteiger partial charge in [-0.05, 0) is 73.4 Å². The standard InChI is InChI=1S/C27H33FN6O4/c1-2-38-23-14-10-19(11-15-23)25(27(37)29-22-6-3-4-7-22)33(16-5-17-35)24(36)18-34-31-26(30-32-34)20-8-12-21(28)13-9-20/h8-15,22,25,35H,2-7,16-18H2,1H3,(H,29,37)/t25-/m1/s1. The maximum absolute atomic E-state index is 13.6. The van der Waals surface area contributed by atoms with Crippen LogP contribution < -0.4 is 10.1 Å².